The summed E-state index contributed by atoms with van der Waals surface area (Å²) in [5.41, 5.74) is 6.98. The summed E-state index contributed by atoms with van der Waals surface area (Å²) in [6, 6.07) is 6.98. The molecule has 0 aliphatic carbocycles. The Morgan fingerprint density at radius 2 is 1.95 bits per heavy atom. The van der Waals surface area contributed by atoms with E-state index in [1.54, 1.807) is 45.0 Å². The zero-order valence-corrected chi connectivity index (χ0v) is 12.8. The summed E-state index contributed by atoms with van der Waals surface area (Å²) in [4.78, 5) is 11.9. The number of benzene rings is 1. The van der Waals surface area contributed by atoms with E-state index in [4.69, 9.17) is 10.5 Å². The smallest absolute Gasteiger partial charge is 0.313 e. The first-order valence-electron chi connectivity index (χ1n) is 6.47. The predicted octanol–water partition coefficient (Wildman–Crippen LogP) is 1.74. The molecule has 1 aromatic carbocycles. The first kappa shape index (κ1) is 16.5. The summed E-state index contributed by atoms with van der Waals surface area (Å²) in [5, 5.41) is -0.465. The van der Waals surface area contributed by atoms with Gasteiger partial charge in [0.2, 0.25) is 0 Å². The lowest BCUT2D eigenvalue weighted by atomic mass is 10.0. The largest absolute Gasteiger partial charge is 0.464 e. The van der Waals surface area contributed by atoms with Crippen LogP contribution in [0.1, 0.15) is 32.3 Å². The van der Waals surface area contributed by atoms with Crippen molar-refractivity contribution in [3.63, 3.8) is 0 Å². The summed E-state index contributed by atoms with van der Waals surface area (Å²) < 4.78 is 28.2. The average molecular weight is 299 g/mol. The van der Waals surface area contributed by atoms with Crippen LogP contribution >= 0.6 is 0 Å². The normalized spacial score (nSPS) is 13.2. The molecule has 5 nitrogen and oxygen atoms in total. The lowest BCUT2D eigenvalue weighted by molar-refractivity contribution is -0.144. The maximum absolute atomic E-state index is 11.9. The molecule has 0 saturated carbocycles. The van der Waals surface area contributed by atoms with Crippen molar-refractivity contribution in [2.45, 2.75) is 31.9 Å². The molecule has 6 heteroatoms. The third-order valence-corrected chi connectivity index (χ3v) is 5.27. The van der Waals surface area contributed by atoms with Crippen LogP contribution in [0.2, 0.25) is 0 Å². The van der Waals surface area contributed by atoms with Crippen LogP contribution in [0.15, 0.2) is 24.3 Å². The highest BCUT2D eigenvalue weighted by atomic mass is 32.2. The van der Waals surface area contributed by atoms with Crippen molar-refractivity contribution in [3.8, 4) is 0 Å². The van der Waals surface area contributed by atoms with Crippen LogP contribution in [0.3, 0.4) is 0 Å². The summed E-state index contributed by atoms with van der Waals surface area (Å²) in [7, 11) is -3.19. The molecular weight excluding hydrogens is 278 g/mol. The Balaban J connectivity index is 2.56. The van der Waals surface area contributed by atoms with Crippen LogP contribution < -0.4 is 5.73 Å². The minimum absolute atomic E-state index is 0.119. The van der Waals surface area contributed by atoms with E-state index in [9.17, 15) is 13.2 Å². The molecule has 0 aromatic heterocycles. The number of nitrogens with two attached hydrogens (primary N) is 1. The van der Waals surface area contributed by atoms with E-state index in [-0.39, 0.29) is 12.4 Å². The van der Waals surface area contributed by atoms with Gasteiger partial charge in [-0.05, 0) is 38.5 Å². The van der Waals surface area contributed by atoms with Crippen molar-refractivity contribution < 1.29 is 17.9 Å². The number of nitrogen functional groups attached to an aromatic ring is 1. The second-order valence-electron chi connectivity index (χ2n) is 4.98. The van der Waals surface area contributed by atoms with Gasteiger partial charge in [-0.25, -0.2) is 8.42 Å². The second-order valence-corrected chi connectivity index (χ2v) is 7.65. The minimum Gasteiger partial charge on any atom is -0.464 e. The lowest BCUT2D eigenvalue weighted by Gasteiger charge is -2.13. The molecule has 0 radical (unpaired) electrons. The van der Waals surface area contributed by atoms with Crippen LogP contribution in [0, 0.1) is 0 Å². The van der Waals surface area contributed by atoms with Gasteiger partial charge in [0.05, 0.1) is 16.9 Å². The van der Waals surface area contributed by atoms with Crippen LogP contribution in [0.25, 0.3) is 0 Å². The summed E-state index contributed by atoms with van der Waals surface area (Å²) in [5.74, 6) is -1.07. The Morgan fingerprint density at radius 3 is 2.50 bits per heavy atom. The Bertz CT molecular complexity index is 566. The Hall–Kier alpha value is -1.56. The molecule has 1 unspecified atom stereocenters. The van der Waals surface area contributed by atoms with Crippen LogP contribution in [0.4, 0.5) is 5.69 Å². The molecule has 0 amide bonds. The third-order valence-electron chi connectivity index (χ3n) is 3.09. The maximum atomic E-state index is 11.9. The summed E-state index contributed by atoms with van der Waals surface area (Å²) in [6.07, 6.45) is 0. The third kappa shape index (κ3) is 4.52. The fraction of sp³-hybridized carbons (Fsp3) is 0.500. The van der Waals surface area contributed by atoms with E-state index >= 15 is 0 Å². The molecule has 0 aliphatic rings. The van der Waals surface area contributed by atoms with E-state index in [0.29, 0.717) is 5.69 Å². The molecule has 0 aliphatic heterocycles. The standard InChI is InChI=1S/C14H21NO4S/c1-10(2)20(17,18)8-7-19-14(16)11(3)12-5-4-6-13(15)9-12/h4-6,9-11H,7-8,15H2,1-3H3. The molecule has 0 fully saturated rings. The molecule has 2 N–H and O–H groups in total. The summed E-state index contributed by atoms with van der Waals surface area (Å²) in [6.45, 7) is 4.79. The number of rotatable bonds is 6. The molecule has 0 bridgehead atoms. The first-order chi connectivity index (χ1) is 9.24. The van der Waals surface area contributed by atoms with Crippen LogP contribution in [-0.2, 0) is 19.4 Å². The van der Waals surface area contributed by atoms with Crippen molar-refractivity contribution in [1.82, 2.24) is 0 Å². The molecule has 1 atom stereocenters. The molecule has 0 spiro atoms. The fourth-order valence-electron chi connectivity index (χ4n) is 1.58. The van der Waals surface area contributed by atoms with Gasteiger partial charge in [-0.3, -0.25) is 4.79 Å². The molecule has 1 rings (SSSR count). The van der Waals surface area contributed by atoms with Gasteiger partial charge in [0, 0.05) is 5.69 Å². The number of carbonyl (C=O) groups is 1. The number of anilines is 1. The predicted molar refractivity (Wildman–Crippen MR) is 79.2 cm³/mol. The number of ether oxygens (including phenoxy) is 1. The number of esters is 1. The lowest BCUT2D eigenvalue weighted by Crippen LogP contribution is -2.23. The van der Waals surface area contributed by atoms with Crippen molar-refractivity contribution >= 4 is 21.5 Å². The number of carbonyl (C=O) groups excluding carboxylic acids is 1. The average Bonchev–Trinajstić information content (AvgIpc) is 2.37. The topological polar surface area (TPSA) is 86.5 Å². The van der Waals surface area contributed by atoms with Gasteiger partial charge in [-0.15, -0.1) is 0 Å². The number of sulfone groups is 1. The zero-order valence-electron chi connectivity index (χ0n) is 12.0. The van der Waals surface area contributed by atoms with E-state index in [0.717, 1.165) is 5.56 Å². The summed E-state index contributed by atoms with van der Waals surface area (Å²) >= 11 is 0. The molecule has 20 heavy (non-hydrogen) atoms. The number of hydrogen-bond acceptors (Lipinski definition) is 5. The quantitative estimate of drug-likeness (QED) is 0.638. The highest BCUT2D eigenvalue weighted by Crippen LogP contribution is 2.19. The first-order valence-corrected chi connectivity index (χ1v) is 8.19. The minimum atomic E-state index is -3.19. The molecule has 0 saturated heterocycles. The van der Waals surface area contributed by atoms with E-state index in [2.05, 4.69) is 0 Å². The van der Waals surface area contributed by atoms with Crippen molar-refractivity contribution in [1.29, 1.82) is 0 Å². The van der Waals surface area contributed by atoms with E-state index < -0.39 is 27.0 Å². The molecular formula is C14H21NO4S. The van der Waals surface area contributed by atoms with Crippen molar-refractivity contribution in [2.75, 3.05) is 18.1 Å². The van der Waals surface area contributed by atoms with Crippen LogP contribution in [0.5, 0.6) is 0 Å². The Morgan fingerprint density at radius 1 is 1.30 bits per heavy atom. The van der Waals surface area contributed by atoms with Crippen molar-refractivity contribution in [3.05, 3.63) is 29.8 Å². The maximum Gasteiger partial charge on any atom is 0.313 e. The van der Waals surface area contributed by atoms with Gasteiger partial charge in [-0.1, -0.05) is 12.1 Å². The highest BCUT2D eigenvalue weighted by Gasteiger charge is 2.20. The van der Waals surface area contributed by atoms with Gasteiger partial charge in [0.15, 0.2) is 9.84 Å². The van der Waals surface area contributed by atoms with Crippen molar-refractivity contribution in [2.24, 2.45) is 0 Å². The molecule has 0 heterocycles. The van der Waals surface area contributed by atoms with Gasteiger partial charge >= 0.3 is 5.97 Å². The van der Waals surface area contributed by atoms with Gasteiger partial charge < -0.3 is 10.5 Å². The van der Waals surface area contributed by atoms with E-state index in [1.807, 2.05) is 0 Å². The van der Waals surface area contributed by atoms with Gasteiger partial charge in [-0.2, -0.15) is 0 Å². The fourth-order valence-corrected chi connectivity index (χ4v) is 2.37. The number of hydrogen-bond donors (Lipinski definition) is 1. The van der Waals surface area contributed by atoms with Gasteiger partial charge in [0.25, 0.3) is 0 Å². The Kier molecular flexibility index (Phi) is 5.56. The van der Waals surface area contributed by atoms with Gasteiger partial charge in [0.1, 0.15) is 6.61 Å². The zero-order chi connectivity index (χ0) is 15.3. The highest BCUT2D eigenvalue weighted by molar-refractivity contribution is 7.91. The van der Waals surface area contributed by atoms with Crippen LogP contribution in [-0.4, -0.2) is 32.0 Å². The SMILES string of the molecule is CC(C(=O)OCCS(=O)(=O)C(C)C)c1cccc(N)c1. The monoisotopic (exact) mass is 299 g/mol. The van der Waals surface area contributed by atoms with E-state index in [1.165, 1.54) is 0 Å². The second kappa shape index (κ2) is 6.74. The molecule has 112 valence electrons. The molecule has 1 aromatic rings. The Labute approximate surface area is 120 Å².